The molecule has 0 aromatic rings. The predicted molar refractivity (Wildman–Crippen MR) is 51.2 cm³/mol. The highest BCUT2D eigenvalue weighted by Gasteiger charge is 2.43. The lowest BCUT2D eigenvalue weighted by Gasteiger charge is -2.55. The van der Waals surface area contributed by atoms with E-state index >= 15 is 0 Å². The molecule has 12 heavy (non-hydrogen) atoms. The first-order chi connectivity index (χ1) is 5.79. The summed E-state index contributed by atoms with van der Waals surface area (Å²) < 4.78 is 0. The van der Waals surface area contributed by atoms with Gasteiger partial charge in [-0.25, -0.2) is 0 Å². The molecule has 0 aliphatic carbocycles. The van der Waals surface area contributed by atoms with Crippen molar-refractivity contribution < 1.29 is 0 Å². The van der Waals surface area contributed by atoms with E-state index in [-0.39, 0.29) is 0 Å². The van der Waals surface area contributed by atoms with Gasteiger partial charge in [-0.2, -0.15) is 0 Å². The van der Waals surface area contributed by atoms with Gasteiger partial charge < -0.3 is 5.32 Å². The summed E-state index contributed by atoms with van der Waals surface area (Å²) in [6.07, 6.45) is 2.72. The standard InChI is InChI=1S/C10H20N2/c1-3-10(4-2)7-12(8-10)9-5-11-6-9/h9,11H,3-8H2,1-2H3. The molecule has 0 bridgehead atoms. The number of likely N-dealkylation sites (tertiary alicyclic amines) is 1. The monoisotopic (exact) mass is 168 g/mol. The summed E-state index contributed by atoms with van der Waals surface area (Å²) in [5.41, 5.74) is 0.690. The molecule has 2 aliphatic heterocycles. The summed E-state index contributed by atoms with van der Waals surface area (Å²) >= 11 is 0. The summed E-state index contributed by atoms with van der Waals surface area (Å²) in [5.74, 6) is 0. The van der Waals surface area contributed by atoms with Crippen molar-refractivity contribution in [3.05, 3.63) is 0 Å². The molecule has 0 saturated carbocycles. The molecular formula is C10H20N2. The summed E-state index contributed by atoms with van der Waals surface area (Å²) in [4.78, 5) is 2.64. The smallest absolute Gasteiger partial charge is 0.0345 e. The summed E-state index contributed by atoms with van der Waals surface area (Å²) in [6, 6.07) is 0.872. The van der Waals surface area contributed by atoms with Crippen molar-refractivity contribution in [1.29, 1.82) is 0 Å². The molecular weight excluding hydrogens is 148 g/mol. The van der Waals surface area contributed by atoms with Crippen LogP contribution in [0.15, 0.2) is 0 Å². The minimum absolute atomic E-state index is 0.690. The fourth-order valence-corrected chi connectivity index (χ4v) is 2.30. The van der Waals surface area contributed by atoms with Crippen LogP contribution in [-0.2, 0) is 0 Å². The first-order valence-corrected chi connectivity index (χ1v) is 5.24. The van der Waals surface area contributed by atoms with Crippen LogP contribution >= 0.6 is 0 Å². The van der Waals surface area contributed by atoms with Crippen molar-refractivity contribution in [1.82, 2.24) is 10.2 Å². The average Bonchev–Trinajstić information content (AvgIpc) is 1.92. The zero-order valence-electron chi connectivity index (χ0n) is 8.27. The van der Waals surface area contributed by atoms with Crippen LogP contribution in [0.1, 0.15) is 26.7 Å². The van der Waals surface area contributed by atoms with E-state index in [1.54, 1.807) is 0 Å². The Labute approximate surface area is 75.3 Å². The fourth-order valence-electron chi connectivity index (χ4n) is 2.30. The molecule has 2 rings (SSSR count). The Morgan fingerprint density at radius 1 is 1.25 bits per heavy atom. The van der Waals surface area contributed by atoms with E-state index in [0.717, 1.165) is 6.04 Å². The minimum Gasteiger partial charge on any atom is -0.314 e. The van der Waals surface area contributed by atoms with Crippen LogP contribution < -0.4 is 5.32 Å². The van der Waals surface area contributed by atoms with Crippen molar-refractivity contribution in [2.24, 2.45) is 5.41 Å². The number of hydrogen-bond acceptors (Lipinski definition) is 2. The highest BCUT2D eigenvalue weighted by molar-refractivity contribution is 4.99. The van der Waals surface area contributed by atoms with E-state index in [9.17, 15) is 0 Å². The fraction of sp³-hybridized carbons (Fsp3) is 1.00. The molecule has 1 N–H and O–H groups in total. The second kappa shape index (κ2) is 3.00. The Morgan fingerprint density at radius 2 is 1.83 bits per heavy atom. The van der Waals surface area contributed by atoms with Gasteiger partial charge in [0, 0.05) is 32.2 Å². The quantitative estimate of drug-likeness (QED) is 0.678. The van der Waals surface area contributed by atoms with Gasteiger partial charge in [-0.1, -0.05) is 13.8 Å². The molecule has 0 unspecified atom stereocenters. The van der Waals surface area contributed by atoms with Crippen molar-refractivity contribution in [3.8, 4) is 0 Å². The van der Waals surface area contributed by atoms with Crippen LogP contribution in [0.2, 0.25) is 0 Å². The number of hydrogen-bond donors (Lipinski definition) is 1. The highest BCUT2D eigenvalue weighted by atomic mass is 15.3. The third-order valence-electron chi connectivity index (χ3n) is 3.85. The average molecular weight is 168 g/mol. The van der Waals surface area contributed by atoms with Gasteiger partial charge in [-0.3, -0.25) is 4.90 Å². The molecule has 2 fully saturated rings. The first-order valence-electron chi connectivity index (χ1n) is 5.24. The Hall–Kier alpha value is -0.0800. The highest BCUT2D eigenvalue weighted by Crippen LogP contribution is 2.38. The van der Waals surface area contributed by atoms with Crippen molar-refractivity contribution in [3.63, 3.8) is 0 Å². The maximum atomic E-state index is 3.33. The topological polar surface area (TPSA) is 15.3 Å². The molecule has 2 aliphatic rings. The summed E-state index contributed by atoms with van der Waals surface area (Å²) in [6.45, 7) is 9.82. The van der Waals surface area contributed by atoms with Crippen LogP contribution in [0, 0.1) is 5.41 Å². The number of nitrogens with one attached hydrogen (secondary N) is 1. The largest absolute Gasteiger partial charge is 0.314 e. The molecule has 0 aromatic heterocycles. The third kappa shape index (κ3) is 1.17. The van der Waals surface area contributed by atoms with E-state index in [4.69, 9.17) is 0 Å². The van der Waals surface area contributed by atoms with Gasteiger partial charge in [0.15, 0.2) is 0 Å². The number of nitrogens with zero attached hydrogens (tertiary/aromatic N) is 1. The van der Waals surface area contributed by atoms with Crippen LogP contribution in [0.4, 0.5) is 0 Å². The molecule has 0 atom stereocenters. The molecule has 70 valence electrons. The molecule has 2 nitrogen and oxygen atoms in total. The number of rotatable bonds is 3. The Balaban J connectivity index is 1.80. The third-order valence-corrected chi connectivity index (χ3v) is 3.85. The van der Waals surface area contributed by atoms with Crippen molar-refractivity contribution >= 4 is 0 Å². The van der Waals surface area contributed by atoms with Gasteiger partial charge in [0.2, 0.25) is 0 Å². The molecule has 2 saturated heterocycles. The van der Waals surface area contributed by atoms with E-state index in [0.29, 0.717) is 5.41 Å². The first kappa shape index (κ1) is 8.52. The molecule has 0 aromatic carbocycles. The Kier molecular flexibility index (Phi) is 2.13. The van der Waals surface area contributed by atoms with E-state index < -0.39 is 0 Å². The normalized spacial score (nSPS) is 29.5. The minimum atomic E-state index is 0.690. The second-order valence-corrected chi connectivity index (χ2v) is 4.42. The maximum Gasteiger partial charge on any atom is 0.0345 e. The van der Waals surface area contributed by atoms with Crippen LogP contribution in [-0.4, -0.2) is 37.1 Å². The zero-order chi connectivity index (χ0) is 8.60. The van der Waals surface area contributed by atoms with Crippen molar-refractivity contribution in [2.75, 3.05) is 26.2 Å². The van der Waals surface area contributed by atoms with E-state index in [2.05, 4.69) is 24.1 Å². The van der Waals surface area contributed by atoms with Gasteiger partial charge in [0.1, 0.15) is 0 Å². The van der Waals surface area contributed by atoms with Gasteiger partial charge in [-0.05, 0) is 18.3 Å². The molecule has 0 radical (unpaired) electrons. The summed E-state index contributed by atoms with van der Waals surface area (Å²) in [7, 11) is 0. The zero-order valence-corrected chi connectivity index (χ0v) is 8.27. The van der Waals surface area contributed by atoms with E-state index in [1.165, 1.54) is 39.0 Å². The second-order valence-electron chi connectivity index (χ2n) is 4.42. The lowest BCUT2D eigenvalue weighted by molar-refractivity contribution is -0.0501. The van der Waals surface area contributed by atoms with Gasteiger partial charge in [-0.15, -0.1) is 0 Å². The maximum absolute atomic E-state index is 3.33. The predicted octanol–water partition coefficient (Wildman–Crippen LogP) is 1.08. The van der Waals surface area contributed by atoms with Gasteiger partial charge in [0.25, 0.3) is 0 Å². The molecule has 0 spiro atoms. The lowest BCUT2D eigenvalue weighted by Crippen LogP contribution is -2.67. The summed E-state index contributed by atoms with van der Waals surface area (Å²) in [5, 5.41) is 3.33. The molecule has 2 heterocycles. The van der Waals surface area contributed by atoms with Crippen LogP contribution in [0.5, 0.6) is 0 Å². The van der Waals surface area contributed by atoms with E-state index in [1.807, 2.05) is 0 Å². The molecule has 2 heteroatoms. The molecule has 0 amide bonds. The van der Waals surface area contributed by atoms with Crippen LogP contribution in [0.25, 0.3) is 0 Å². The Bertz CT molecular complexity index is 151. The SMILES string of the molecule is CCC1(CC)CN(C2CNC2)C1. The lowest BCUT2D eigenvalue weighted by atomic mass is 9.74. The Morgan fingerprint density at radius 3 is 2.17 bits per heavy atom. The van der Waals surface area contributed by atoms with Gasteiger partial charge in [0.05, 0.1) is 0 Å². The van der Waals surface area contributed by atoms with Crippen molar-refractivity contribution in [2.45, 2.75) is 32.7 Å². The van der Waals surface area contributed by atoms with Crippen LogP contribution in [0.3, 0.4) is 0 Å². The van der Waals surface area contributed by atoms with Gasteiger partial charge >= 0.3 is 0 Å².